The first-order valence-corrected chi connectivity index (χ1v) is 18.9. The Labute approximate surface area is 323 Å². The highest BCUT2D eigenvalue weighted by Gasteiger charge is 2.13. The number of fused-ring (bicyclic) bond motifs is 6. The Morgan fingerprint density at radius 1 is 0.265 bits per heavy atom. The van der Waals surface area contributed by atoms with Gasteiger partial charge in [0.2, 0.25) is 0 Å². The van der Waals surface area contributed by atoms with Crippen LogP contribution in [-0.2, 0) is 0 Å². The van der Waals surface area contributed by atoms with Gasteiger partial charge < -0.3 is 0 Å². The predicted molar refractivity (Wildman–Crippen MR) is 228 cm³/mol. The summed E-state index contributed by atoms with van der Waals surface area (Å²) in [4.78, 5) is 20.7. The number of rotatable bonds is 4. The van der Waals surface area contributed by atoms with Crippen molar-refractivity contribution < 1.29 is 0 Å². The lowest BCUT2D eigenvalue weighted by atomic mass is 10.0. The zero-order chi connectivity index (χ0) is 33.1. The van der Waals surface area contributed by atoms with Crippen molar-refractivity contribution in [1.29, 1.82) is 0 Å². The van der Waals surface area contributed by atoms with E-state index in [2.05, 4.69) is 207 Å². The van der Waals surface area contributed by atoms with E-state index in [0.717, 1.165) is 92.2 Å². The number of hydrogen-bond donors (Lipinski definition) is 0. The molecule has 0 bridgehead atoms. The minimum Gasteiger partial charge on any atom is -0.245 e. The molecule has 7 heteroatoms. The maximum Gasteiger partial charge on any atom is 0.0972 e. The topological polar surface area (TPSA) is 51.6 Å². The van der Waals surface area contributed by atoms with Crippen LogP contribution in [0.2, 0.25) is 0 Å². The molecule has 9 rings (SSSR count). The highest BCUT2D eigenvalue weighted by molar-refractivity contribution is 14.1. The fourth-order valence-corrected chi connectivity index (χ4v) is 7.70. The number of aromatic nitrogens is 4. The molecule has 4 aromatic heterocycles. The van der Waals surface area contributed by atoms with Crippen LogP contribution in [0, 0.1) is 10.7 Å². The molecule has 0 aliphatic heterocycles. The van der Waals surface area contributed by atoms with Crippen LogP contribution in [0.3, 0.4) is 0 Å². The van der Waals surface area contributed by atoms with Crippen LogP contribution < -0.4 is 0 Å². The van der Waals surface area contributed by atoms with Gasteiger partial charge in [0, 0.05) is 54.5 Å². The molecule has 0 fully saturated rings. The van der Waals surface area contributed by atoms with Crippen molar-refractivity contribution in [1.82, 2.24) is 19.9 Å². The Bertz CT molecular complexity index is 2560. The van der Waals surface area contributed by atoms with Gasteiger partial charge in [0.25, 0.3) is 0 Å². The van der Waals surface area contributed by atoms with Crippen molar-refractivity contribution in [3.8, 4) is 45.0 Å². The van der Waals surface area contributed by atoms with Gasteiger partial charge in [0.05, 0.1) is 44.8 Å². The van der Waals surface area contributed by atoms with Crippen LogP contribution >= 0.6 is 67.8 Å². The molecule has 0 saturated heterocycles. The fraction of sp³-hybridized carbons (Fsp3) is 0. The van der Waals surface area contributed by atoms with Crippen molar-refractivity contribution in [2.45, 2.75) is 0 Å². The normalized spacial score (nSPS) is 11.6. The van der Waals surface area contributed by atoms with Gasteiger partial charge in [0.15, 0.2) is 0 Å². The van der Waals surface area contributed by atoms with Gasteiger partial charge in [-0.2, -0.15) is 0 Å². The van der Waals surface area contributed by atoms with Crippen LogP contribution in [0.25, 0.3) is 88.6 Å². The molecule has 0 amide bonds. The van der Waals surface area contributed by atoms with Gasteiger partial charge in [-0.3, -0.25) is 0 Å². The zero-order valence-electron chi connectivity index (χ0n) is 25.7. The first-order chi connectivity index (χ1) is 23.9. The number of benzene rings is 5. The van der Waals surface area contributed by atoms with Crippen molar-refractivity contribution >= 4 is 111 Å². The van der Waals surface area contributed by atoms with Gasteiger partial charge >= 0.3 is 0 Å². The lowest BCUT2D eigenvalue weighted by molar-refractivity contribution is 1.35. The van der Waals surface area contributed by atoms with E-state index in [1.807, 2.05) is 0 Å². The SMILES string of the molecule is Ic1ccc(-c2ccc3ccc4ccc(-c5cc(I)cc(-c6ccc7ccc8ccc(-c9ccc(I)cc9)nc8c7n6)c5)nc4c3n2)cc1. The second-order valence-electron chi connectivity index (χ2n) is 11.9. The maximum atomic E-state index is 5.24. The minimum atomic E-state index is 0.896. The van der Waals surface area contributed by atoms with E-state index >= 15 is 0 Å². The second kappa shape index (κ2) is 12.7. The summed E-state index contributed by atoms with van der Waals surface area (Å²) in [5.74, 6) is 0. The Balaban J connectivity index is 1.15. The summed E-state index contributed by atoms with van der Waals surface area (Å²) in [5, 5.41) is 4.27. The monoisotopic (exact) mass is 964 g/mol. The molecule has 232 valence electrons. The summed E-state index contributed by atoms with van der Waals surface area (Å²) >= 11 is 7.06. The third-order valence-corrected chi connectivity index (χ3v) is 10.9. The van der Waals surface area contributed by atoms with Crippen molar-refractivity contribution in [3.05, 3.63) is 150 Å². The summed E-state index contributed by atoms with van der Waals surface area (Å²) in [6, 6.07) is 48.9. The summed E-state index contributed by atoms with van der Waals surface area (Å²) < 4.78 is 3.52. The van der Waals surface area contributed by atoms with Gasteiger partial charge in [-0.05, 0) is 135 Å². The minimum absolute atomic E-state index is 0.896. The highest BCUT2D eigenvalue weighted by atomic mass is 127. The third kappa shape index (κ3) is 5.95. The van der Waals surface area contributed by atoms with Crippen LogP contribution in [0.5, 0.6) is 0 Å². The lowest BCUT2D eigenvalue weighted by Gasteiger charge is -2.11. The lowest BCUT2D eigenvalue weighted by Crippen LogP contribution is -1.93. The molecule has 9 aromatic rings. The van der Waals surface area contributed by atoms with E-state index in [4.69, 9.17) is 19.9 Å². The van der Waals surface area contributed by atoms with E-state index < -0.39 is 0 Å². The van der Waals surface area contributed by atoms with Gasteiger partial charge in [0.1, 0.15) is 0 Å². The maximum absolute atomic E-state index is 5.24. The van der Waals surface area contributed by atoms with E-state index in [1.54, 1.807) is 0 Å². The Hall–Kier alpha value is -4.07. The van der Waals surface area contributed by atoms with Crippen molar-refractivity contribution in [2.24, 2.45) is 0 Å². The highest BCUT2D eigenvalue weighted by Crippen LogP contribution is 2.33. The average molecular weight is 964 g/mol. The van der Waals surface area contributed by atoms with E-state index in [0.29, 0.717) is 0 Å². The molecule has 49 heavy (non-hydrogen) atoms. The van der Waals surface area contributed by atoms with Gasteiger partial charge in [-0.25, -0.2) is 19.9 Å². The molecule has 0 aliphatic rings. The molecular formula is C42H23I3N4. The quantitative estimate of drug-likeness (QED) is 0.130. The van der Waals surface area contributed by atoms with Crippen LogP contribution in [0.1, 0.15) is 0 Å². The fourth-order valence-electron chi connectivity index (χ4n) is 6.31. The molecule has 0 aliphatic carbocycles. The molecule has 0 saturated carbocycles. The van der Waals surface area contributed by atoms with Gasteiger partial charge in [-0.1, -0.05) is 72.8 Å². The van der Waals surface area contributed by atoms with Crippen LogP contribution in [-0.4, -0.2) is 19.9 Å². The molecule has 0 spiro atoms. The zero-order valence-corrected chi connectivity index (χ0v) is 32.2. The largest absolute Gasteiger partial charge is 0.245 e. The second-order valence-corrected chi connectivity index (χ2v) is 15.7. The molecule has 0 N–H and O–H groups in total. The standard InChI is InChI=1S/C42H23I3N4/c43-32-13-5-24(6-14-32)35-17-9-26-1-3-28-11-19-37(48-41(28)39(26)46-35)30-21-31(23-34(45)22-30)38-20-12-29-4-2-27-10-18-36(47-40(27)42(29)49-38)25-7-15-33(44)16-8-25/h1-23H. The summed E-state index contributed by atoms with van der Waals surface area (Å²) in [5.41, 5.74) is 11.5. The predicted octanol–water partition coefficient (Wildman–Crippen LogP) is 12.4. The molecule has 0 atom stereocenters. The van der Waals surface area contributed by atoms with E-state index in [9.17, 15) is 0 Å². The van der Waals surface area contributed by atoms with Gasteiger partial charge in [-0.15, -0.1) is 0 Å². The average Bonchev–Trinajstić information content (AvgIpc) is 3.14. The molecule has 0 unspecified atom stereocenters. The van der Waals surface area contributed by atoms with Crippen LogP contribution in [0.4, 0.5) is 0 Å². The number of hydrogen-bond acceptors (Lipinski definition) is 4. The van der Waals surface area contributed by atoms with Crippen molar-refractivity contribution in [2.75, 3.05) is 0 Å². The Morgan fingerprint density at radius 2 is 0.551 bits per heavy atom. The summed E-state index contributed by atoms with van der Waals surface area (Å²) in [6.45, 7) is 0. The first-order valence-electron chi connectivity index (χ1n) is 15.7. The van der Waals surface area contributed by atoms with Crippen LogP contribution in [0.15, 0.2) is 140 Å². The summed E-state index contributed by atoms with van der Waals surface area (Å²) in [6.07, 6.45) is 0. The number of nitrogens with zero attached hydrogens (tertiary/aromatic N) is 4. The van der Waals surface area contributed by atoms with Crippen molar-refractivity contribution in [3.63, 3.8) is 0 Å². The Kier molecular flexibility index (Phi) is 8.00. The molecule has 4 heterocycles. The number of pyridine rings is 4. The first kappa shape index (κ1) is 30.9. The molecule has 5 aromatic carbocycles. The molecular weight excluding hydrogens is 941 g/mol. The summed E-state index contributed by atoms with van der Waals surface area (Å²) in [7, 11) is 0. The van der Waals surface area contributed by atoms with E-state index in [1.165, 1.54) is 7.14 Å². The number of halogens is 3. The Morgan fingerprint density at radius 3 is 0.878 bits per heavy atom. The molecule has 0 radical (unpaired) electrons. The molecule has 4 nitrogen and oxygen atoms in total. The smallest absolute Gasteiger partial charge is 0.0972 e. The van der Waals surface area contributed by atoms with E-state index in [-0.39, 0.29) is 0 Å². The third-order valence-electron chi connectivity index (χ3n) is 8.81.